The van der Waals surface area contributed by atoms with Crippen molar-refractivity contribution in [3.63, 3.8) is 0 Å². The van der Waals surface area contributed by atoms with E-state index < -0.39 is 5.97 Å². The number of thioether (sulfide) groups is 1. The van der Waals surface area contributed by atoms with Gasteiger partial charge in [0.2, 0.25) is 0 Å². The first-order chi connectivity index (χ1) is 15.5. The van der Waals surface area contributed by atoms with E-state index in [1.165, 1.54) is 27.7 Å². The fraction of sp³-hybridized carbons (Fsp3) is 0.136. The van der Waals surface area contributed by atoms with Gasteiger partial charge >= 0.3 is 5.97 Å². The van der Waals surface area contributed by atoms with Crippen molar-refractivity contribution < 1.29 is 9.53 Å². The fourth-order valence-electron chi connectivity index (χ4n) is 3.12. The smallest absolute Gasteiger partial charge is 0.338 e. The van der Waals surface area contributed by atoms with Crippen LogP contribution in [0.1, 0.15) is 17.3 Å². The number of aromatic nitrogens is 3. The van der Waals surface area contributed by atoms with Crippen LogP contribution in [0.25, 0.3) is 21.7 Å². The van der Waals surface area contributed by atoms with Gasteiger partial charge in [-0.1, -0.05) is 41.3 Å². The number of hydrogen-bond acceptors (Lipinski definition) is 8. The van der Waals surface area contributed by atoms with E-state index in [-0.39, 0.29) is 11.3 Å². The van der Waals surface area contributed by atoms with Gasteiger partial charge < -0.3 is 4.74 Å². The molecule has 0 aliphatic rings. The Hall–Kier alpha value is -3.26. The maximum atomic E-state index is 13.4. The number of fused-ring (bicyclic) bond motifs is 1. The van der Waals surface area contributed by atoms with Gasteiger partial charge in [-0.15, -0.1) is 0 Å². The third-order valence-electron chi connectivity index (χ3n) is 4.49. The van der Waals surface area contributed by atoms with Crippen molar-refractivity contribution in [1.29, 1.82) is 5.26 Å². The van der Waals surface area contributed by atoms with E-state index in [1.54, 1.807) is 35.8 Å². The molecule has 2 heterocycles. The molecule has 0 aliphatic carbocycles. The highest BCUT2D eigenvalue weighted by atomic mass is 32.2. The fourth-order valence-corrected chi connectivity index (χ4v) is 5.09. The lowest BCUT2D eigenvalue weighted by atomic mass is 10.2. The Kier molecular flexibility index (Phi) is 6.50. The summed E-state index contributed by atoms with van der Waals surface area (Å²) in [5, 5.41) is 9.48. The lowest BCUT2D eigenvalue weighted by Crippen LogP contribution is -2.21. The molecule has 0 radical (unpaired) electrons. The highest BCUT2D eigenvalue weighted by Crippen LogP contribution is 2.27. The van der Waals surface area contributed by atoms with Gasteiger partial charge in [0.15, 0.2) is 14.8 Å². The Bertz CT molecular complexity index is 1450. The van der Waals surface area contributed by atoms with E-state index >= 15 is 0 Å². The predicted molar refractivity (Wildman–Crippen MR) is 128 cm³/mol. The highest BCUT2D eigenvalue weighted by Gasteiger charge is 2.19. The van der Waals surface area contributed by atoms with Crippen molar-refractivity contribution in [2.45, 2.75) is 12.1 Å². The van der Waals surface area contributed by atoms with Crippen molar-refractivity contribution in [2.75, 3.05) is 12.4 Å². The molecule has 2 aromatic carbocycles. The van der Waals surface area contributed by atoms with Gasteiger partial charge in [-0.2, -0.15) is 5.26 Å². The standard InChI is InChI=1S/C22H16N4O3S3/c1-2-29-20(28)14-8-10-16(11-9-14)25-18-17(32-22(25)30)19(27)26(15-6-4-3-5-7-15)21(24-18)31-13-12-23/h3-11H,2,13H2,1H3. The van der Waals surface area contributed by atoms with Gasteiger partial charge in [0.05, 0.1) is 29.7 Å². The second kappa shape index (κ2) is 9.48. The topological polar surface area (TPSA) is 89.9 Å². The normalized spacial score (nSPS) is 10.8. The number of rotatable bonds is 6. The van der Waals surface area contributed by atoms with E-state index in [0.717, 1.165) is 0 Å². The lowest BCUT2D eigenvalue weighted by Gasteiger charge is -2.12. The Labute approximate surface area is 196 Å². The number of esters is 1. The molecule has 7 nitrogen and oxygen atoms in total. The van der Waals surface area contributed by atoms with Gasteiger partial charge in [0, 0.05) is 5.69 Å². The van der Waals surface area contributed by atoms with Gasteiger partial charge in [0.1, 0.15) is 4.70 Å². The van der Waals surface area contributed by atoms with E-state index in [4.69, 9.17) is 27.2 Å². The zero-order chi connectivity index (χ0) is 22.7. The van der Waals surface area contributed by atoms with Crippen LogP contribution in [0.2, 0.25) is 0 Å². The number of nitriles is 1. The molecule has 0 fully saturated rings. The van der Waals surface area contributed by atoms with E-state index in [2.05, 4.69) is 6.07 Å². The Morgan fingerprint density at radius 2 is 1.84 bits per heavy atom. The molecule has 4 aromatic rings. The van der Waals surface area contributed by atoms with Crippen molar-refractivity contribution >= 4 is 51.6 Å². The zero-order valence-electron chi connectivity index (χ0n) is 16.8. The molecule has 0 amide bonds. The molecule has 0 N–H and O–H groups in total. The molecule has 0 saturated carbocycles. The molecule has 0 unspecified atom stereocenters. The van der Waals surface area contributed by atoms with Crippen LogP contribution in [-0.2, 0) is 4.74 Å². The molecule has 32 heavy (non-hydrogen) atoms. The number of para-hydroxylation sites is 1. The van der Waals surface area contributed by atoms with Crippen LogP contribution in [0.3, 0.4) is 0 Å². The summed E-state index contributed by atoms with van der Waals surface area (Å²) in [6.07, 6.45) is 0. The molecule has 2 aromatic heterocycles. The van der Waals surface area contributed by atoms with Crippen molar-refractivity contribution in [2.24, 2.45) is 0 Å². The minimum atomic E-state index is -0.406. The largest absolute Gasteiger partial charge is 0.462 e. The Balaban J connectivity index is 1.91. The van der Waals surface area contributed by atoms with Crippen LogP contribution in [0, 0.1) is 15.3 Å². The summed E-state index contributed by atoms with van der Waals surface area (Å²) in [6, 6.07) is 18.0. The molecule has 0 saturated heterocycles. The van der Waals surface area contributed by atoms with Gasteiger partial charge in [0.25, 0.3) is 5.56 Å². The number of thiazole rings is 1. The Morgan fingerprint density at radius 3 is 2.50 bits per heavy atom. The summed E-state index contributed by atoms with van der Waals surface area (Å²) in [6.45, 7) is 2.04. The van der Waals surface area contributed by atoms with Gasteiger partial charge in [-0.3, -0.25) is 13.9 Å². The van der Waals surface area contributed by atoms with Gasteiger partial charge in [-0.05, 0) is 55.5 Å². The summed E-state index contributed by atoms with van der Waals surface area (Å²) in [7, 11) is 0. The maximum absolute atomic E-state index is 13.4. The summed E-state index contributed by atoms with van der Waals surface area (Å²) in [5.41, 5.74) is 1.93. The third-order valence-corrected chi connectivity index (χ3v) is 6.65. The van der Waals surface area contributed by atoms with Crippen LogP contribution in [0.5, 0.6) is 0 Å². The molecule has 0 atom stereocenters. The van der Waals surface area contributed by atoms with E-state index in [1.807, 2.05) is 30.3 Å². The van der Waals surface area contributed by atoms with Crippen LogP contribution in [0.15, 0.2) is 64.5 Å². The summed E-state index contributed by atoms with van der Waals surface area (Å²) >= 11 is 7.91. The minimum Gasteiger partial charge on any atom is -0.462 e. The van der Waals surface area contributed by atoms with Crippen LogP contribution in [0.4, 0.5) is 0 Å². The average Bonchev–Trinajstić information content (AvgIpc) is 3.14. The van der Waals surface area contributed by atoms with Crippen molar-refractivity contribution in [3.8, 4) is 17.4 Å². The number of hydrogen-bond donors (Lipinski definition) is 0. The second-order valence-electron chi connectivity index (χ2n) is 6.44. The molecular formula is C22H16N4O3S3. The summed E-state index contributed by atoms with van der Waals surface area (Å²) < 4.78 is 9.10. The summed E-state index contributed by atoms with van der Waals surface area (Å²) in [5.74, 6) is -0.263. The number of benzene rings is 2. The zero-order valence-corrected chi connectivity index (χ0v) is 19.3. The first-order valence-electron chi connectivity index (χ1n) is 9.56. The number of ether oxygens (including phenoxy) is 1. The number of carbonyl (C=O) groups excluding carboxylic acids is 1. The molecule has 10 heteroatoms. The van der Waals surface area contributed by atoms with E-state index in [0.29, 0.717) is 43.0 Å². The SMILES string of the molecule is CCOC(=O)c1ccc(-n2c(=S)sc3c(=O)n(-c4ccccc4)c(SCC#N)nc32)cc1. The molecule has 0 aliphatic heterocycles. The minimum absolute atomic E-state index is 0.143. The third kappa shape index (κ3) is 4.10. The van der Waals surface area contributed by atoms with Crippen LogP contribution < -0.4 is 5.56 Å². The molecule has 0 bridgehead atoms. The molecule has 160 valence electrons. The Morgan fingerprint density at radius 1 is 1.16 bits per heavy atom. The van der Waals surface area contributed by atoms with Crippen LogP contribution in [-0.4, -0.2) is 32.4 Å². The number of nitrogens with zero attached hydrogens (tertiary/aromatic N) is 4. The quantitative estimate of drug-likeness (QED) is 0.170. The summed E-state index contributed by atoms with van der Waals surface area (Å²) in [4.78, 5) is 30.1. The van der Waals surface area contributed by atoms with E-state index in [9.17, 15) is 9.59 Å². The highest BCUT2D eigenvalue weighted by molar-refractivity contribution is 7.99. The second-order valence-corrected chi connectivity index (χ2v) is 9.03. The molecular weight excluding hydrogens is 464 g/mol. The first-order valence-corrected chi connectivity index (χ1v) is 11.8. The van der Waals surface area contributed by atoms with Crippen molar-refractivity contribution in [1.82, 2.24) is 14.1 Å². The molecule has 0 spiro atoms. The lowest BCUT2D eigenvalue weighted by molar-refractivity contribution is 0.0526. The monoisotopic (exact) mass is 480 g/mol. The maximum Gasteiger partial charge on any atom is 0.338 e. The average molecular weight is 481 g/mol. The first kappa shape index (κ1) is 22.0. The van der Waals surface area contributed by atoms with Crippen LogP contribution >= 0.6 is 35.3 Å². The van der Waals surface area contributed by atoms with Crippen molar-refractivity contribution in [3.05, 3.63) is 74.5 Å². The number of carbonyl (C=O) groups is 1. The predicted octanol–water partition coefficient (Wildman–Crippen LogP) is 4.76. The molecule has 4 rings (SSSR count). The van der Waals surface area contributed by atoms with Gasteiger partial charge in [-0.25, -0.2) is 9.78 Å².